The third kappa shape index (κ3) is 9.11. The minimum absolute atomic E-state index is 0.0671. The van der Waals surface area contributed by atoms with Gasteiger partial charge in [-0.2, -0.15) is 0 Å². The number of hydrogen-bond donors (Lipinski definition) is 14. The summed E-state index contributed by atoms with van der Waals surface area (Å²) in [7, 11) is 0. The van der Waals surface area contributed by atoms with Crippen molar-refractivity contribution in [3.8, 4) is 0 Å². The quantitative estimate of drug-likeness (QED) is 0.0653. The van der Waals surface area contributed by atoms with E-state index in [1.165, 1.54) is 0 Å². The van der Waals surface area contributed by atoms with Crippen LogP contribution in [-0.4, -0.2) is 193 Å². The number of aliphatic hydroxyl groups is 9. The summed E-state index contributed by atoms with van der Waals surface area (Å²) in [5.74, 6) is 0. The zero-order chi connectivity index (χ0) is 32.7. The zero-order valence-corrected chi connectivity index (χ0v) is 23.9. The number of nitrogens with one attached hydrogen (secondary N) is 2. The lowest BCUT2D eigenvalue weighted by Gasteiger charge is -2.48. The van der Waals surface area contributed by atoms with Crippen LogP contribution in [0.4, 0.5) is 4.79 Å². The highest BCUT2D eigenvalue weighted by molar-refractivity contribution is 5.73. The summed E-state index contributed by atoms with van der Waals surface area (Å²) in [5, 5.41) is 107. The number of ether oxygens (including phenoxy) is 4. The molecule has 20 nitrogen and oxygen atoms in total. The second kappa shape index (κ2) is 16.9. The van der Waals surface area contributed by atoms with Crippen LogP contribution < -0.4 is 22.1 Å². The first-order chi connectivity index (χ1) is 20.8. The standard InChI is InChI=1S/C24H47N5O15/c25-1-2-29(40)24(39)28-11-3-10(26)20(19(38)21(11)44-22-13(34)4-12(33)15(8-31)42-22)43-23-18(37)17(36)16(35)14(41-23)6-27-5-9(32)7-30/h9-23,27,30-38,40H,1-8,25-26H2,(H,28,39)/t9?,10-,11+,12-,13+,14+,15+,16+,17-,18+,19-,20+,21-,22+,23+/m0/s1. The van der Waals surface area contributed by atoms with Gasteiger partial charge < -0.3 is 87.0 Å². The molecular weight excluding hydrogens is 598 g/mol. The molecule has 3 fully saturated rings. The maximum absolute atomic E-state index is 12.6. The molecule has 258 valence electrons. The van der Waals surface area contributed by atoms with E-state index in [9.17, 15) is 50.9 Å². The van der Waals surface area contributed by atoms with Crippen molar-refractivity contribution in [3.05, 3.63) is 0 Å². The van der Waals surface area contributed by atoms with Gasteiger partial charge in [0.1, 0.15) is 54.9 Å². The fourth-order valence-corrected chi connectivity index (χ4v) is 5.31. The molecule has 0 spiro atoms. The molecule has 3 aliphatic rings. The van der Waals surface area contributed by atoms with Gasteiger partial charge in [0, 0.05) is 32.1 Å². The Morgan fingerprint density at radius 1 is 0.909 bits per heavy atom. The van der Waals surface area contributed by atoms with E-state index in [4.69, 9.17) is 35.5 Å². The molecular formula is C24H47N5O15. The van der Waals surface area contributed by atoms with E-state index in [-0.39, 0.29) is 39.0 Å². The highest BCUT2D eigenvalue weighted by Gasteiger charge is 2.52. The Morgan fingerprint density at radius 2 is 1.57 bits per heavy atom. The van der Waals surface area contributed by atoms with Crippen LogP contribution in [0.2, 0.25) is 0 Å². The lowest BCUT2D eigenvalue weighted by molar-refractivity contribution is -0.331. The monoisotopic (exact) mass is 645 g/mol. The van der Waals surface area contributed by atoms with E-state index in [1.54, 1.807) is 0 Å². The van der Waals surface area contributed by atoms with Crippen molar-refractivity contribution in [2.24, 2.45) is 11.5 Å². The van der Waals surface area contributed by atoms with Crippen molar-refractivity contribution < 1.29 is 74.9 Å². The summed E-state index contributed by atoms with van der Waals surface area (Å²) < 4.78 is 22.8. The number of urea groups is 1. The number of amides is 2. The Bertz CT molecular complexity index is 884. The molecule has 1 saturated carbocycles. The van der Waals surface area contributed by atoms with Crippen LogP contribution in [0, 0.1) is 0 Å². The largest absolute Gasteiger partial charge is 0.394 e. The van der Waals surface area contributed by atoms with E-state index >= 15 is 0 Å². The van der Waals surface area contributed by atoms with Crippen molar-refractivity contribution in [1.82, 2.24) is 15.7 Å². The Labute approximate surface area is 252 Å². The van der Waals surface area contributed by atoms with Gasteiger partial charge in [0.2, 0.25) is 0 Å². The van der Waals surface area contributed by atoms with E-state index in [2.05, 4.69) is 10.6 Å². The average molecular weight is 646 g/mol. The fourth-order valence-electron chi connectivity index (χ4n) is 5.31. The second-order valence-electron chi connectivity index (χ2n) is 11.2. The Balaban J connectivity index is 1.79. The Kier molecular flexibility index (Phi) is 14.3. The number of nitrogens with two attached hydrogens (primary N) is 2. The van der Waals surface area contributed by atoms with Crippen LogP contribution >= 0.6 is 0 Å². The molecule has 2 amide bonds. The van der Waals surface area contributed by atoms with Crippen molar-refractivity contribution in [3.63, 3.8) is 0 Å². The third-order valence-corrected chi connectivity index (χ3v) is 7.80. The van der Waals surface area contributed by atoms with Gasteiger partial charge in [0.25, 0.3) is 0 Å². The van der Waals surface area contributed by atoms with Crippen LogP contribution in [0.15, 0.2) is 0 Å². The Morgan fingerprint density at radius 3 is 2.20 bits per heavy atom. The summed E-state index contributed by atoms with van der Waals surface area (Å²) in [6, 6.07) is -3.22. The molecule has 0 aromatic rings. The van der Waals surface area contributed by atoms with E-state index in [1.807, 2.05) is 0 Å². The van der Waals surface area contributed by atoms with Crippen molar-refractivity contribution in [2.45, 2.75) is 105 Å². The molecule has 2 heterocycles. The molecule has 16 N–H and O–H groups in total. The van der Waals surface area contributed by atoms with E-state index in [0.717, 1.165) is 0 Å². The zero-order valence-electron chi connectivity index (χ0n) is 23.9. The minimum Gasteiger partial charge on any atom is -0.394 e. The number of rotatable bonds is 13. The highest BCUT2D eigenvalue weighted by Crippen LogP contribution is 2.32. The van der Waals surface area contributed by atoms with Crippen LogP contribution in [0.5, 0.6) is 0 Å². The summed E-state index contributed by atoms with van der Waals surface area (Å²) in [6.07, 6.45) is -19.4. The molecule has 3 rings (SSSR count). The van der Waals surface area contributed by atoms with Crippen molar-refractivity contribution in [1.29, 1.82) is 0 Å². The number of hydroxylamine groups is 2. The predicted molar refractivity (Wildman–Crippen MR) is 143 cm³/mol. The molecule has 0 radical (unpaired) electrons. The van der Waals surface area contributed by atoms with Gasteiger partial charge in [-0.05, 0) is 6.42 Å². The minimum atomic E-state index is -1.81. The molecule has 20 heteroatoms. The molecule has 44 heavy (non-hydrogen) atoms. The maximum atomic E-state index is 12.6. The van der Waals surface area contributed by atoms with E-state index in [0.29, 0.717) is 5.06 Å². The Hall–Kier alpha value is -1.41. The fraction of sp³-hybridized carbons (Fsp3) is 0.958. The van der Waals surface area contributed by atoms with Gasteiger partial charge in [-0.25, -0.2) is 9.86 Å². The third-order valence-electron chi connectivity index (χ3n) is 7.80. The van der Waals surface area contributed by atoms with Crippen molar-refractivity contribution >= 4 is 6.03 Å². The normalized spacial score (nSPS) is 42.1. The number of hydrogen-bond acceptors (Lipinski definition) is 18. The van der Waals surface area contributed by atoms with Gasteiger partial charge in [-0.1, -0.05) is 0 Å². The molecule has 0 aromatic carbocycles. The van der Waals surface area contributed by atoms with E-state index < -0.39 is 111 Å². The molecule has 2 aliphatic heterocycles. The van der Waals surface area contributed by atoms with Gasteiger partial charge in [-0.3, -0.25) is 5.21 Å². The molecule has 1 unspecified atom stereocenters. The van der Waals surface area contributed by atoms with Gasteiger partial charge in [0.15, 0.2) is 12.6 Å². The number of carbonyl (C=O) groups excluding carboxylic acids is 1. The SMILES string of the molecule is NCCN(O)C(=O)N[C@@H]1C[C@H](N)[C@@H](O[C@H]2O[C@H](CNCC(O)CO)[C@@H](O)[C@H](O)[C@H]2O)[C@H](O)[C@H]1O[C@H]1O[C@H](CO)[C@@H](O)C[C@H]1O. The lowest BCUT2D eigenvalue weighted by Crippen LogP contribution is -2.68. The second-order valence-corrected chi connectivity index (χ2v) is 11.2. The number of aliphatic hydroxyl groups excluding tert-OH is 9. The first-order valence-electron chi connectivity index (χ1n) is 14.4. The van der Waals surface area contributed by atoms with Crippen molar-refractivity contribution in [2.75, 3.05) is 39.4 Å². The summed E-state index contributed by atoms with van der Waals surface area (Å²) >= 11 is 0. The van der Waals surface area contributed by atoms with Gasteiger partial charge in [0.05, 0.1) is 38.0 Å². The van der Waals surface area contributed by atoms with Crippen LogP contribution in [0.25, 0.3) is 0 Å². The predicted octanol–water partition coefficient (Wildman–Crippen LogP) is -7.84. The summed E-state index contributed by atoms with van der Waals surface area (Å²) in [6.45, 7) is -1.66. The first-order valence-corrected chi connectivity index (χ1v) is 14.4. The summed E-state index contributed by atoms with van der Waals surface area (Å²) in [5.41, 5.74) is 11.7. The smallest absolute Gasteiger partial charge is 0.341 e. The first kappa shape index (κ1) is 37.1. The number of nitrogens with zero attached hydrogens (tertiary/aromatic N) is 1. The van der Waals surface area contributed by atoms with Gasteiger partial charge >= 0.3 is 6.03 Å². The molecule has 0 bridgehead atoms. The summed E-state index contributed by atoms with van der Waals surface area (Å²) in [4.78, 5) is 12.6. The van der Waals surface area contributed by atoms with Gasteiger partial charge in [-0.15, -0.1) is 0 Å². The maximum Gasteiger partial charge on any atom is 0.341 e. The molecule has 15 atom stereocenters. The molecule has 2 saturated heterocycles. The topological polar surface area (TPSA) is 336 Å². The highest BCUT2D eigenvalue weighted by atomic mass is 16.7. The number of carbonyl (C=O) groups is 1. The van der Waals surface area contributed by atoms with Crippen LogP contribution in [0.1, 0.15) is 12.8 Å². The van der Waals surface area contributed by atoms with Crippen LogP contribution in [0.3, 0.4) is 0 Å². The van der Waals surface area contributed by atoms with Crippen LogP contribution in [-0.2, 0) is 18.9 Å². The molecule has 1 aliphatic carbocycles. The lowest BCUT2D eigenvalue weighted by atomic mass is 9.83. The molecule has 0 aromatic heterocycles. The average Bonchev–Trinajstić information content (AvgIpc) is 2.98.